The molecule has 0 amide bonds. The molecule has 20 heavy (non-hydrogen) atoms. The van der Waals surface area contributed by atoms with E-state index in [0.29, 0.717) is 18.2 Å². The van der Waals surface area contributed by atoms with Crippen LogP contribution in [-0.2, 0) is 0 Å². The van der Waals surface area contributed by atoms with E-state index >= 15 is 0 Å². The van der Waals surface area contributed by atoms with Crippen molar-refractivity contribution in [2.24, 2.45) is 11.8 Å². The molecule has 0 radical (unpaired) electrons. The number of halogens is 1. The second kappa shape index (κ2) is 6.90. The topological polar surface area (TPSA) is 53.4 Å². The summed E-state index contributed by atoms with van der Waals surface area (Å²) < 4.78 is 12.8. The molecular formula is C15H21FN2O2. The monoisotopic (exact) mass is 280 g/mol. The summed E-state index contributed by atoms with van der Waals surface area (Å²) in [7, 11) is 0. The summed E-state index contributed by atoms with van der Waals surface area (Å²) in [6, 6.07) is 2.70. The van der Waals surface area contributed by atoms with Crippen molar-refractivity contribution in [2.45, 2.75) is 19.8 Å². The molecule has 2 rings (SSSR count). The third kappa shape index (κ3) is 3.84. The number of hydrogen-bond acceptors (Lipinski definition) is 4. The van der Waals surface area contributed by atoms with E-state index in [-0.39, 0.29) is 18.3 Å². The van der Waals surface area contributed by atoms with E-state index in [9.17, 15) is 9.18 Å². The predicted molar refractivity (Wildman–Crippen MR) is 73.9 cm³/mol. The van der Waals surface area contributed by atoms with Gasteiger partial charge in [-0.05, 0) is 44.0 Å². The molecule has 1 aromatic heterocycles. The Morgan fingerprint density at radius 2 is 2.20 bits per heavy atom. The molecule has 1 aliphatic rings. The lowest BCUT2D eigenvalue weighted by molar-refractivity contribution is 0.0837. The molecule has 2 heterocycles. The number of likely N-dealkylation sites (tertiary alicyclic amines) is 1. The van der Waals surface area contributed by atoms with Crippen molar-refractivity contribution in [1.29, 1.82) is 0 Å². The lowest BCUT2D eigenvalue weighted by atomic mass is 9.96. The van der Waals surface area contributed by atoms with E-state index in [4.69, 9.17) is 5.11 Å². The highest BCUT2D eigenvalue weighted by Gasteiger charge is 2.23. The third-order valence-corrected chi connectivity index (χ3v) is 3.92. The van der Waals surface area contributed by atoms with Gasteiger partial charge in [0.25, 0.3) is 0 Å². The van der Waals surface area contributed by atoms with Crippen molar-refractivity contribution < 1.29 is 14.3 Å². The molecule has 0 saturated carbocycles. The van der Waals surface area contributed by atoms with Crippen LogP contribution in [0.4, 0.5) is 4.39 Å². The lowest BCUT2D eigenvalue weighted by Gasteiger charge is -2.32. The Morgan fingerprint density at radius 1 is 1.50 bits per heavy atom. The zero-order valence-electron chi connectivity index (χ0n) is 11.8. The number of nitrogens with zero attached hydrogens (tertiary/aromatic N) is 2. The van der Waals surface area contributed by atoms with Crippen LogP contribution in [0.2, 0.25) is 0 Å². The minimum absolute atomic E-state index is 0.0470. The fourth-order valence-corrected chi connectivity index (χ4v) is 2.60. The van der Waals surface area contributed by atoms with Crippen molar-refractivity contribution in [3.05, 3.63) is 29.8 Å². The van der Waals surface area contributed by atoms with E-state index < -0.39 is 5.82 Å². The highest BCUT2D eigenvalue weighted by molar-refractivity contribution is 5.95. The first kappa shape index (κ1) is 15.1. The lowest BCUT2D eigenvalue weighted by Crippen LogP contribution is -2.39. The number of piperidine rings is 1. The summed E-state index contributed by atoms with van der Waals surface area (Å²) in [5.41, 5.74) is 0.323. The Balaban J connectivity index is 1.87. The molecule has 0 aromatic carbocycles. The Morgan fingerprint density at radius 3 is 2.75 bits per heavy atom. The van der Waals surface area contributed by atoms with Crippen molar-refractivity contribution >= 4 is 5.78 Å². The van der Waals surface area contributed by atoms with E-state index in [1.54, 1.807) is 0 Å². The van der Waals surface area contributed by atoms with Gasteiger partial charge in [0, 0.05) is 19.1 Å². The summed E-state index contributed by atoms with van der Waals surface area (Å²) in [6.45, 7) is 4.66. The first-order valence-electron chi connectivity index (χ1n) is 7.09. The number of aliphatic hydroxyl groups is 1. The highest BCUT2D eigenvalue weighted by Crippen LogP contribution is 2.18. The van der Waals surface area contributed by atoms with Crippen molar-refractivity contribution in [3.8, 4) is 0 Å². The second-order valence-electron chi connectivity index (χ2n) is 5.55. The van der Waals surface area contributed by atoms with E-state index in [1.807, 2.05) is 6.92 Å². The van der Waals surface area contributed by atoms with Crippen LogP contribution in [0, 0.1) is 17.7 Å². The molecule has 1 aliphatic heterocycles. The first-order chi connectivity index (χ1) is 9.60. The molecule has 1 unspecified atom stereocenters. The number of aliphatic hydroxyl groups excluding tert-OH is 1. The molecule has 1 N–H and O–H groups in total. The van der Waals surface area contributed by atoms with Gasteiger partial charge in [0.15, 0.2) is 5.78 Å². The van der Waals surface area contributed by atoms with Gasteiger partial charge in [-0.1, -0.05) is 6.92 Å². The van der Waals surface area contributed by atoms with Crippen LogP contribution < -0.4 is 0 Å². The van der Waals surface area contributed by atoms with Crippen molar-refractivity contribution in [2.75, 3.05) is 26.2 Å². The minimum atomic E-state index is -0.430. The fourth-order valence-electron chi connectivity index (χ4n) is 2.60. The SMILES string of the molecule is CC(CN1CCC(CO)CC1)C(=O)c1ccc(F)cn1. The van der Waals surface area contributed by atoms with E-state index in [0.717, 1.165) is 32.1 Å². The maximum atomic E-state index is 12.8. The van der Waals surface area contributed by atoms with Gasteiger partial charge >= 0.3 is 0 Å². The first-order valence-corrected chi connectivity index (χ1v) is 7.09. The number of carbonyl (C=O) groups excluding carboxylic acids is 1. The average molecular weight is 280 g/mol. The van der Waals surface area contributed by atoms with Crippen LogP contribution in [0.5, 0.6) is 0 Å². The van der Waals surface area contributed by atoms with Crippen LogP contribution in [-0.4, -0.2) is 47.0 Å². The molecule has 0 bridgehead atoms. The Bertz CT molecular complexity index is 442. The molecule has 0 spiro atoms. The Labute approximate surface area is 118 Å². The number of pyridine rings is 1. The molecule has 1 aromatic rings. The normalized spacial score (nSPS) is 18.9. The third-order valence-electron chi connectivity index (χ3n) is 3.92. The minimum Gasteiger partial charge on any atom is -0.396 e. The van der Waals surface area contributed by atoms with Crippen molar-refractivity contribution in [3.63, 3.8) is 0 Å². The van der Waals surface area contributed by atoms with Gasteiger partial charge in [0.1, 0.15) is 11.5 Å². The molecule has 1 saturated heterocycles. The molecule has 1 fully saturated rings. The fraction of sp³-hybridized carbons (Fsp3) is 0.600. The molecule has 5 heteroatoms. The second-order valence-corrected chi connectivity index (χ2v) is 5.55. The number of aromatic nitrogens is 1. The summed E-state index contributed by atoms with van der Waals surface area (Å²) in [5, 5.41) is 9.11. The summed E-state index contributed by atoms with van der Waals surface area (Å²) in [4.78, 5) is 18.3. The van der Waals surface area contributed by atoms with E-state index in [2.05, 4.69) is 9.88 Å². The van der Waals surface area contributed by atoms with Crippen LogP contribution in [0.25, 0.3) is 0 Å². The average Bonchev–Trinajstić information content (AvgIpc) is 2.48. The molecule has 0 aliphatic carbocycles. The van der Waals surface area contributed by atoms with Crippen molar-refractivity contribution in [1.82, 2.24) is 9.88 Å². The highest BCUT2D eigenvalue weighted by atomic mass is 19.1. The quantitative estimate of drug-likeness (QED) is 0.835. The number of Topliss-reactive ketones (excluding diaryl/α,β-unsaturated/α-hetero) is 1. The summed E-state index contributed by atoms with van der Waals surface area (Å²) >= 11 is 0. The standard InChI is InChI=1S/C15H21FN2O2/c1-11(9-18-6-4-12(10-19)5-7-18)15(20)14-3-2-13(16)8-17-14/h2-3,8,11-12,19H,4-7,9-10H2,1H3. The Kier molecular flexibility index (Phi) is 5.20. The predicted octanol–water partition coefficient (Wildman–Crippen LogP) is 1.74. The number of hydrogen-bond donors (Lipinski definition) is 1. The van der Waals surface area contributed by atoms with Gasteiger partial charge in [0.2, 0.25) is 0 Å². The molecular weight excluding hydrogens is 259 g/mol. The maximum absolute atomic E-state index is 12.8. The van der Waals surface area contributed by atoms with Gasteiger partial charge in [-0.3, -0.25) is 9.78 Å². The van der Waals surface area contributed by atoms with Crippen LogP contribution >= 0.6 is 0 Å². The number of rotatable bonds is 5. The number of ketones is 1. The van der Waals surface area contributed by atoms with Gasteiger partial charge in [-0.2, -0.15) is 0 Å². The van der Waals surface area contributed by atoms with Crippen LogP contribution in [0.3, 0.4) is 0 Å². The van der Waals surface area contributed by atoms with Gasteiger partial charge in [-0.25, -0.2) is 4.39 Å². The van der Waals surface area contributed by atoms with Gasteiger partial charge in [0.05, 0.1) is 6.20 Å². The summed E-state index contributed by atoms with van der Waals surface area (Å²) in [6.07, 6.45) is 3.03. The van der Waals surface area contributed by atoms with Crippen LogP contribution in [0.1, 0.15) is 30.3 Å². The number of carbonyl (C=O) groups is 1. The molecule has 1 atom stereocenters. The van der Waals surface area contributed by atoms with Crippen LogP contribution in [0.15, 0.2) is 18.3 Å². The Hall–Kier alpha value is -1.33. The zero-order valence-corrected chi connectivity index (χ0v) is 11.8. The van der Waals surface area contributed by atoms with Gasteiger partial charge < -0.3 is 10.0 Å². The van der Waals surface area contributed by atoms with Gasteiger partial charge in [-0.15, -0.1) is 0 Å². The smallest absolute Gasteiger partial charge is 0.185 e. The largest absolute Gasteiger partial charge is 0.396 e. The summed E-state index contributed by atoms with van der Waals surface area (Å²) in [5.74, 6) is -0.232. The van der Waals surface area contributed by atoms with E-state index in [1.165, 1.54) is 12.1 Å². The maximum Gasteiger partial charge on any atom is 0.185 e. The molecule has 110 valence electrons. The molecule has 4 nitrogen and oxygen atoms in total. The zero-order chi connectivity index (χ0) is 14.5.